The van der Waals surface area contributed by atoms with Crippen molar-refractivity contribution < 1.29 is 19.8 Å². The molecular weight excluding hydrogens is 854 g/mol. The van der Waals surface area contributed by atoms with Crippen molar-refractivity contribution in [2.45, 2.75) is 13.8 Å². The zero-order valence-corrected chi connectivity index (χ0v) is 32.4. The Morgan fingerprint density at radius 2 is 1.06 bits per heavy atom. The number of aromatic nitrogens is 4. The van der Waals surface area contributed by atoms with Crippen molar-refractivity contribution in [3.8, 4) is 32.6 Å². The molecular formula is C32H20BrCl5N6O4S2. The van der Waals surface area contributed by atoms with E-state index in [1.54, 1.807) is 30.3 Å². The summed E-state index contributed by atoms with van der Waals surface area (Å²) in [6.07, 6.45) is 0. The van der Waals surface area contributed by atoms with Gasteiger partial charge in [-0.15, -0.1) is 20.4 Å². The fourth-order valence-electron chi connectivity index (χ4n) is 4.13. The molecule has 0 atom stereocenters. The van der Waals surface area contributed by atoms with Crippen molar-refractivity contribution in [2.75, 3.05) is 10.6 Å². The van der Waals surface area contributed by atoms with Crippen molar-refractivity contribution in [3.63, 3.8) is 0 Å². The summed E-state index contributed by atoms with van der Waals surface area (Å²) in [7, 11) is 0. The molecule has 0 aliphatic carbocycles. The zero-order chi connectivity index (χ0) is 36.3. The molecule has 0 unspecified atom stereocenters. The third kappa shape index (κ3) is 9.03. The van der Waals surface area contributed by atoms with Gasteiger partial charge in [0.1, 0.15) is 11.5 Å². The van der Waals surface area contributed by atoms with Crippen LogP contribution in [-0.4, -0.2) is 42.4 Å². The molecule has 2 heterocycles. The van der Waals surface area contributed by atoms with Gasteiger partial charge in [-0.3, -0.25) is 20.2 Å². The highest BCUT2D eigenvalue weighted by atomic mass is 79.9. The van der Waals surface area contributed by atoms with Crippen LogP contribution in [0.2, 0.25) is 25.1 Å². The summed E-state index contributed by atoms with van der Waals surface area (Å²) in [6.45, 7) is 3.71. The Balaban J connectivity index is 0.000000194. The van der Waals surface area contributed by atoms with Gasteiger partial charge in [-0.05, 0) is 85.6 Å². The van der Waals surface area contributed by atoms with Gasteiger partial charge in [-0.25, -0.2) is 0 Å². The molecule has 10 nitrogen and oxygen atoms in total. The van der Waals surface area contributed by atoms with Crippen LogP contribution in [0.25, 0.3) is 21.1 Å². The first-order valence-corrected chi connectivity index (χ1v) is 18.2. The topological polar surface area (TPSA) is 150 Å². The second kappa shape index (κ2) is 16.2. The first-order chi connectivity index (χ1) is 23.7. The van der Waals surface area contributed by atoms with Gasteiger partial charge < -0.3 is 10.2 Å². The molecule has 0 saturated heterocycles. The van der Waals surface area contributed by atoms with E-state index in [-0.39, 0.29) is 38.5 Å². The number of hydrogen-bond acceptors (Lipinski definition) is 10. The minimum Gasteiger partial charge on any atom is -0.506 e. The Hall–Kier alpha value is -3.53. The monoisotopic (exact) mass is 870 g/mol. The lowest BCUT2D eigenvalue weighted by Gasteiger charge is -2.04. The van der Waals surface area contributed by atoms with E-state index in [9.17, 15) is 19.8 Å². The molecule has 2 aromatic heterocycles. The van der Waals surface area contributed by atoms with Crippen molar-refractivity contribution in [1.82, 2.24) is 20.4 Å². The summed E-state index contributed by atoms with van der Waals surface area (Å²) in [5, 5.41) is 44.1. The molecule has 50 heavy (non-hydrogen) atoms. The van der Waals surface area contributed by atoms with E-state index >= 15 is 0 Å². The van der Waals surface area contributed by atoms with E-state index in [2.05, 4.69) is 47.0 Å². The molecule has 0 radical (unpaired) electrons. The number of benzene rings is 4. The van der Waals surface area contributed by atoms with E-state index in [0.717, 1.165) is 38.3 Å². The third-order valence-electron chi connectivity index (χ3n) is 6.65. The maximum Gasteiger partial charge on any atom is 0.257 e. The Labute approximate surface area is 326 Å². The molecule has 0 spiro atoms. The Morgan fingerprint density at radius 1 is 0.620 bits per heavy atom. The number of nitrogens with one attached hydrogen (secondary N) is 2. The summed E-state index contributed by atoms with van der Waals surface area (Å²) >= 11 is 35.3. The number of rotatable bonds is 6. The molecule has 6 aromatic rings. The minimum atomic E-state index is -0.337. The summed E-state index contributed by atoms with van der Waals surface area (Å²) in [4.78, 5) is 24.6. The van der Waals surface area contributed by atoms with Gasteiger partial charge in [0.2, 0.25) is 10.3 Å². The lowest BCUT2D eigenvalue weighted by molar-refractivity contribution is 0.101. The van der Waals surface area contributed by atoms with E-state index in [1.165, 1.54) is 24.3 Å². The highest BCUT2D eigenvalue weighted by Gasteiger charge is 2.18. The van der Waals surface area contributed by atoms with E-state index in [4.69, 9.17) is 58.0 Å². The highest BCUT2D eigenvalue weighted by molar-refractivity contribution is 9.10. The average Bonchev–Trinajstić information content (AvgIpc) is 3.73. The van der Waals surface area contributed by atoms with Gasteiger partial charge in [-0.2, -0.15) is 0 Å². The van der Waals surface area contributed by atoms with Crippen LogP contribution in [0, 0.1) is 13.8 Å². The second-order valence-corrected chi connectivity index (χ2v) is 15.1. The molecule has 2 amide bonds. The molecule has 0 fully saturated rings. The number of amides is 2. The van der Waals surface area contributed by atoms with Gasteiger partial charge in [0.25, 0.3) is 11.8 Å². The fraction of sp³-hybridized carbons (Fsp3) is 0.0625. The standard InChI is InChI=1S/C16H10BrCl2N3O2S.C16H10Cl3N3O2S/c1-7-4-8(2-3-11(7)17)14(24)20-16-22-21-15(25-16)10-5-9(18)6-12(19)13(10)23;1-7-4-8(2-3-11(7)18)14(24)20-16-22-21-15(25-16)10-5-9(17)6-12(19)13(10)23/h2*2-6,23H,1H3,(H,20,22,24). The SMILES string of the molecule is Cc1cc(C(=O)Nc2nnc(-c3cc(Cl)cc(Cl)c3O)s2)ccc1Br.Cc1cc(C(=O)Nc2nnc(-c3cc(Cl)cc(Cl)c3O)s2)ccc1Cl. The summed E-state index contributed by atoms with van der Waals surface area (Å²) < 4.78 is 0.926. The smallest absolute Gasteiger partial charge is 0.257 e. The maximum atomic E-state index is 12.3. The molecule has 4 aromatic carbocycles. The molecule has 18 heteroatoms. The number of carbonyl (C=O) groups excluding carboxylic acids is 2. The quantitative estimate of drug-likeness (QED) is 0.129. The Kier molecular flexibility index (Phi) is 12.2. The predicted molar refractivity (Wildman–Crippen MR) is 205 cm³/mol. The number of phenols is 2. The molecule has 0 bridgehead atoms. The Morgan fingerprint density at radius 3 is 1.50 bits per heavy atom. The average molecular weight is 874 g/mol. The van der Waals surface area contributed by atoms with Crippen LogP contribution >= 0.6 is 96.6 Å². The molecule has 0 saturated carbocycles. The van der Waals surface area contributed by atoms with Gasteiger partial charge in [0.15, 0.2) is 10.0 Å². The molecule has 0 aliphatic rings. The highest BCUT2D eigenvalue weighted by Crippen LogP contribution is 2.41. The van der Waals surface area contributed by atoms with Crippen LogP contribution < -0.4 is 10.6 Å². The largest absolute Gasteiger partial charge is 0.506 e. The summed E-state index contributed by atoms with van der Waals surface area (Å²) in [5.74, 6) is -0.917. The summed E-state index contributed by atoms with van der Waals surface area (Å²) in [5.41, 5.74) is 3.40. The van der Waals surface area contributed by atoms with Crippen molar-refractivity contribution >= 4 is 119 Å². The third-order valence-corrected chi connectivity index (χ3v) is 10.7. The number of aryl methyl sites for hydroxylation is 2. The van der Waals surface area contributed by atoms with Crippen LogP contribution in [-0.2, 0) is 0 Å². The van der Waals surface area contributed by atoms with E-state index < -0.39 is 0 Å². The number of hydrogen-bond donors (Lipinski definition) is 4. The number of aromatic hydroxyl groups is 2. The van der Waals surface area contributed by atoms with Crippen LogP contribution in [0.5, 0.6) is 11.5 Å². The van der Waals surface area contributed by atoms with Crippen LogP contribution in [0.4, 0.5) is 10.3 Å². The first kappa shape index (κ1) is 37.7. The molecule has 0 aliphatic heterocycles. The van der Waals surface area contributed by atoms with Crippen molar-refractivity contribution in [3.05, 3.63) is 113 Å². The van der Waals surface area contributed by atoms with Crippen molar-refractivity contribution in [1.29, 1.82) is 0 Å². The summed E-state index contributed by atoms with van der Waals surface area (Å²) in [6, 6.07) is 16.2. The normalized spacial score (nSPS) is 10.7. The zero-order valence-electron chi connectivity index (χ0n) is 25.4. The number of nitrogens with zero attached hydrogens (tertiary/aromatic N) is 4. The van der Waals surface area contributed by atoms with Gasteiger partial charge in [0, 0.05) is 30.7 Å². The van der Waals surface area contributed by atoms with E-state index in [0.29, 0.717) is 52.5 Å². The van der Waals surface area contributed by atoms with E-state index in [1.807, 2.05) is 19.9 Å². The maximum absolute atomic E-state index is 12.3. The number of anilines is 2. The van der Waals surface area contributed by atoms with Gasteiger partial charge in [-0.1, -0.05) is 96.6 Å². The van der Waals surface area contributed by atoms with Crippen molar-refractivity contribution in [2.24, 2.45) is 0 Å². The fourth-order valence-corrected chi connectivity index (χ4v) is 7.00. The van der Waals surface area contributed by atoms with Crippen LogP contribution in [0.3, 0.4) is 0 Å². The first-order valence-electron chi connectivity index (χ1n) is 13.9. The number of phenolic OH excluding ortho intramolecular Hbond substituents is 2. The Bertz CT molecular complexity index is 2110. The van der Waals surface area contributed by atoms with Gasteiger partial charge in [0.05, 0.1) is 21.2 Å². The predicted octanol–water partition coefficient (Wildman–Crippen LogP) is 11.0. The van der Waals surface area contributed by atoms with Crippen LogP contribution in [0.15, 0.2) is 65.1 Å². The van der Waals surface area contributed by atoms with Gasteiger partial charge >= 0.3 is 0 Å². The molecule has 6 rings (SSSR count). The molecule has 4 N–H and O–H groups in total. The lowest BCUT2D eigenvalue weighted by atomic mass is 10.1. The van der Waals surface area contributed by atoms with Crippen LogP contribution in [0.1, 0.15) is 31.8 Å². The number of carbonyl (C=O) groups is 2. The molecule has 256 valence electrons. The number of halogens is 6. The minimum absolute atomic E-state index is 0.111. The lowest BCUT2D eigenvalue weighted by Crippen LogP contribution is -2.11. The second-order valence-electron chi connectivity index (χ2n) is 10.2.